The van der Waals surface area contributed by atoms with E-state index in [0.29, 0.717) is 16.7 Å². The minimum Gasteiger partial charge on any atom is -0.508 e. The molecular weight excluding hydrogens is 291 g/mol. The summed E-state index contributed by atoms with van der Waals surface area (Å²) in [6.45, 7) is 3.18. The summed E-state index contributed by atoms with van der Waals surface area (Å²) in [5, 5.41) is 9.48. The Morgan fingerprint density at radius 2 is 1.90 bits per heavy atom. The minimum absolute atomic E-state index is 0.0162. The lowest BCUT2D eigenvalue weighted by molar-refractivity contribution is -0.211. The third kappa shape index (κ3) is 3.52. The summed E-state index contributed by atoms with van der Waals surface area (Å²) < 4.78 is 38.0. The Kier molecular flexibility index (Phi) is 4.95. The molecule has 1 atom stereocenters. The van der Waals surface area contributed by atoms with Gasteiger partial charge in [0.2, 0.25) is 5.78 Å². The van der Waals surface area contributed by atoms with E-state index in [1.165, 1.54) is 12.1 Å². The van der Waals surface area contributed by atoms with Crippen LogP contribution >= 0.6 is 0 Å². The number of ketones is 1. The Hall–Kier alpha value is -2.09. The van der Waals surface area contributed by atoms with Gasteiger partial charge in [0, 0.05) is 4.53 Å². The van der Waals surface area contributed by atoms with Crippen LogP contribution in [0, 0.1) is 13.8 Å². The largest absolute Gasteiger partial charge is 0.508 e. The topological polar surface area (TPSA) is 89.6 Å². The molecule has 21 heavy (non-hydrogen) atoms. The van der Waals surface area contributed by atoms with Crippen molar-refractivity contribution < 1.29 is 32.9 Å². The van der Waals surface area contributed by atoms with Crippen molar-refractivity contribution in [3.8, 4) is 5.75 Å². The Bertz CT molecular complexity index is 575. The lowest BCUT2D eigenvalue weighted by Gasteiger charge is -2.17. The van der Waals surface area contributed by atoms with E-state index in [1.807, 2.05) is 0 Å². The van der Waals surface area contributed by atoms with Gasteiger partial charge in [-0.15, -0.1) is 0 Å². The molecule has 5 nitrogen and oxygen atoms in total. The summed E-state index contributed by atoms with van der Waals surface area (Å²) in [6.07, 6.45) is -0.291. The van der Waals surface area contributed by atoms with E-state index in [0.717, 1.165) is 0 Å². The normalized spacial score (nSPS) is 12.9. The quantitative estimate of drug-likeness (QED) is 0.805. The number of aryl methyl sites for hydroxylation is 2. The number of hydrogen-bond donors (Lipinski definition) is 2. The van der Waals surface area contributed by atoms with Crippen molar-refractivity contribution in [1.29, 1.82) is 0 Å². The van der Waals surface area contributed by atoms with Crippen LogP contribution in [0.25, 0.3) is 0 Å². The number of phenolic OH excluding ortho intramolecular Hbond substituents is 1. The number of phenols is 1. The van der Waals surface area contributed by atoms with Gasteiger partial charge in [0.15, 0.2) is 0 Å². The molecule has 1 unspecified atom stereocenters. The van der Waals surface area contributed by atoms with Crippen LogP contribution < -0.4 is 5.73 Å². The smallest absolute Gasteiger partial charge is 0.425 e. The minimum atomic E-state index is -4.64. The predicted octanol–water partition coefficient (Wildman–Crippen LogP) is 1.51. The maximum absolute atomic E-state index is 13.2. The maximum atomic E-state index is 13.2. The number of carbonyl (C=O) groups is 2. The summed E-state index contributed by atoms with van der Waals surface area (Å²) in [7, 11) is 0. The van der Waals surface area contributed by atoms with Crippen LogP contribution in [0.4, 0.5) is 13.3 Å². The van der Waals surface area contributed by atoms with Crippen LogP contribution in [0.1, 0.15) is 16.7 Å². The highest BCUT2D eigenvalue weighted by Crippen LogP contribution is 2.24. The van der Waals surface area contributed by atoms with Gasteiger partial charge in [-0.2, -0.15) is 8.78 Å². The maximum Gasteiger partial charge on any atom is 0.425 e. The summed E-state index contributed by atoms with van der Waals surface area (Å²) in [6, 6.07) is 1.17. The highest BCUT2D eigenvalue weighted by Gasteiger charge is 2.51. The number of nitrogens with two attached hydrogens (primary N) is 1. The fraction of sp³-hybridized carbons (Fsp3) is 0.385. The molecule has 0 fully saturated rings. The molecule has 1 aromatic carbocycles. The van der Waals surface area contributed by atoms with Crippen molar-refractivity contribution in [2.24, 2.45) is 5.73 Å². The van der Waals surface area contributed by atoms with Gasteiger partial charge in [0.25, 0.3) is 0 Å². The van der Waals surface area contributed by atoms with Gasteiger partial charge in [-0.1, -0.05) is 6.07 Å². The fourth-order valence-electron chi connectivity index (χ4n) is 1.79. The van der Waals surface area contributed by atoms with Gasteiger partial charge in [-0.3, -0.25) is 4.79 Å². The molecule has 0 radical (unpaired) electrons. The van der Waals surface area contributed by atoms with E-state index < -0.39 is 23.7 Å². The number of rotatable bonds is 5. The molecule has 3 N–H and O–H groups in total. The Balaban J connectivity index is 2.96. The summed E-state index contributed by atoms with van der Waals surface area (Å²) in [4.78, 5) is 24.4. The molecule has 0 saturated heterocycles. The number of aromatic hydroxyl groups is 1. The van der Waals surface area contributed by atoms with Crippen molar-refractivity contribution in [3.63, 3.8) is 0 Å². The van der Waals surface area contributed by atoms with Gasteiger partial charge >= 0.3 is 11.9 Å². The standard InChI is InChI=1S/C13H14F3NO4/c1-6-4-10(18)7(2)3-8(6)5-9(17)11(19)13(14,15)12(20)21-16/h3-4,9,18H,5,17H2,1-2H3. The summed E-state index contributed by atoms with van der Waals surface area (Å²) >= 11 is 0. The van der Waals surface area contributed by atoms with Crippen molar-refractivity contribution in [2.75, 3.05) is 0 Å². The average Bonchev–Trinajstić information content (AvgIpc) is 2.42. The van der Waals surface area contributed by atoms with Gasteiger partial charge in [-0.25, -0.2) is 9.74 Å². The number of hydrogen-bond acceptors (Lipinski definition) is 5. The summed E-state index contributed by atoms with van der Waals surface area (Å²) in [5.41, 5.74) is 6.83. The van der Waals surface area contributed by atoms with Gasteiger partial charge in [0.05, 0.1) is 6.04 Å². The third-order valence-electron chi connectivity index (χ3n) is 3.07. The van der Waals surface area contributed by atoms with Gasteiger partial charge < -0.3 is 10.8 Å². The van der Waals surface area contributed by atoms with Crippen LogP contribution in [-0.2, 0) is 21.0 Å². The number of alkyl halides is 2. The van der Waals surface area contributed by atoms with Crippen molar-refractivity contribution in [2.45, 2.75) is 32.2 Å². The second kappa shape index (κ2) is 6.13. The molecule has 0 aliphatic carbocycles. The lowest BCUT2D eigenvalue weighted by atomic mass is 9.95. The molecule has 0 heterocycles. The third-order valence-corrected chi connectivity index (χ3v) is 3.07. The van der Waals surface area contributed by atoms with Crippen LogP contribution in [0.3, 0.4) is 0 Å². The van der Waals surface area contributed by atoms with Crippen LogP contribution in [-0.4, -0.2) is 28.8 Å². The zero-order valence-corrected chi connectivity index (χ0v) is 11.3. The highest BCUT2D eigenvalue weighted by atomic mass is 19.3. The molecule has 0 aromatic heterocycles. The molecular formula is C13H14F3NO4. The number of benzene rings is 1. The number of Topliss-reactive ketones (excluding diaryl/α,β-unsaturated/α-hetero) is 1. The zero-order valence-electron chi connectivity index (χ0n) is 11.3. The number of halogens is 3. The first-order valence-corrected chi connectivity index (χ1v) is 5.91. The summed E-state index contributed by atoms with van der Waals surface area (Å²) in [5.74, 6) is -9.16. The Labute approximate surface area is 118 Å². The first kappa shape index (κ1) is 17.0. The SMILES string of the molecule is Cc1cc(CC(N)C(=O)C(F)(F)C(=O)OF)c(C)cc1O. The molecule has 0 aliphatic heterocycles. The van der Waals surface area contributed by atoms with Crippen LogP contribution in [0.2, 0.25) is 0 Å². The molecule has 0 aliphatic rings. The Morgan fingerprint density at radius 1 is 1.33 bits per heavy atom. The molecule has 0 spiro atoms. The molecule has 8 heteroatoms. The fourth-order valence-corrected chi connectivity index (χ4v) is 1.79. The number of carbonyl (C=O) groups excluding carboxylic acids is 2. The van der Waals surface area contributed by atoms with E-state index in [9.17, 15) is 28.0 Å². The van der Waals surface area contributed by atoms with E-state index in [-0.39, 0.29) is 12.2 Å². The van der Waals surface area contributed by atoms with Crippen molar-refractivity contribution in [3.05, 3.63) is 28.8 Å². The Morgan fingerprint density at radius 3 is 2.43 bits per heavy atom. The molecule has 0 saturated carbocycles. The van der Waals surface area contributed by atoms with E-state index >= 15 is 0 Å². The first-order valence-electron chi connectivity index (χ1n) is 5.91. The first-order chi connectivity index (χ1) is 9.61. The average molecular weight is 305 g/mol. The molecule has 0 bridgehead atoms. The van der Waals surface area contributed by atoms with E-state index in [1.54, 1.807) is 13.8 Å². The highest BCUT2D eigenvalue weighted by molar-refractivity contribution is 6.07. The van der Waals surface area contributed by atoms with Crippen LogP contribution in [0.5, 0.6) is 5.75 Å². The van der Waals surface area contributed by atoms with Crippen molar-refractivity contribution >= 4 is 11.8 Å². The van der Waals surface area contributed by atoms with Gasteiger partial charge in [0.1, 0.15) is 5.75 Å². The van der Waals surface area contributed by atoms with Gasteiger partial charge in [-0.05, 0) is 43.0 Å². The van der Waals surface area contributed by atoms with Crippen molar-refractivity contribution in [1.82, 2.24) is 0 Å². The zero-order chi connectivity index (χ0) is 16.4. The lowest BCUT2D eigenvalue weighted by Crippen LogP contribution is -2.49. The molecule has 1 aromatic rings. The predicted molar refractivity (Wildman–Crippen MR) is 66.4 cm³/mol. The van der Waals surface area contributed by atoms with E-state index in [2.05, 4.69) is 4.94 Å². The monoisotopic (exact) mass is 305 g/mol. The molecule has 1 rings (SSSR count). The molecule has 0 amide bonds. The second-order valence-corrected chi connectivity index (χ2v) is 4.68. The second-order valence-electron chi connectivity index (χ2n) is 4.68. The molecule has 116 valence electrons. The van der Waals surface area contributed by atoms with E-state index in [4.69, 9.17) is 5.73 Å². The van der Waals surface area contributed by atoms with Crippen LogP contribution in [0.15, 0.2) is 12.1 Å².